The Bertz CT molecular complexity index is 566. The number of Topliss-reactive ketones (excluding diaryl/α,β-unsaturated/α-hetero) is 1. The van der Waals surface area contributed by atoms with E-state index in [0.717, 1.165) is 17.5 Å². The van der Waals surface area contributed by atoms with Gasteiger partial charge in [0, 0.05) is 12.0 Å². The summed E-state index contributed by atoms with van der Waals surface area (Å²) in [6.07, 6.45) is 1.53. The van der Waals surface area contributed by atoms with E-state index >= 15 is 0 Å². The summed E-state index contributed by atoms with van der Waals surface area (Å²) in [6.45, 7) is 8.45. The van der Waals surface area contributed by atoms with Gasteiger partial charge in [-0.3, -0.25) is 4.79 Å². The second-order valence-electron chi connectivity index (χ2n) is 5.37. The molecule has 0 radical (unpaired) electrons. The Kier molecular flexibility index (Phi) is 4.04. The molecule has 19 heavy (non-hydrogen) atoms. The van der Waals surface area contributed by atoms with E-state index in [9.17, 15) is 4.79 Å². The van der Waals surface area contributed by atoms with Gasteiger partial charge in [0.15, 0.2) is 5.78 Å². The lowest BCUT2D eigenvalue weighted by Gasteiger charge is -2.04. The highest BCUT2D eigenvalue weighted by Crippen LogP contribution is 2.34. The second-order valence-corrected chi connectivity index (χ2v) is 5.37. The van der Waals surface area contributed by atoms with Crippen molar-refractivity contribution in [2.24, 2.45) is 0 Å². The Labute approximate surface area is 116 Å². The maximum absolute atomic E-state index is 12.1. The summed E-state index contributed by atoms with van der Waals surface area (Å²) < 4.78 is 0. The normalized spacial score (nSPS) is 11.2. The van der Waals surface area contributed by atoms with Crippen molar-refractivity contribution in [3.63, 3.8) is 0 Å². The van der Waals surface area contributed by atoms with Crippen molar-refractivity contribution in [1.82, 2.24) is 0 Å². The standard InChI is InChI=1S/C18H22O/c1-5-13-10-17(18(19)6-2)16-11-14(12(3)4)8-7-9-15(13)16/h7-12H,5-6H2,1-4H3. The molecule has 0 saturated heterocycles. The molecular weight excluding hydrogens is 232 g/mol. The molecule has 100 valence electrons. The molecule has 2 aliphatic rings. The monoisotopic (exact) mass is 254 g/mol. The predicted octanol–water partition coefficient (Wildman–Crippen LogP) is 5.07. The number of aryl methyl sites for hydroxylation is 1. The van der Waals surface area contributed by atoms with Gasteiger partial charge in [-0.05, 0) is 40.7 Å². The van der Waals surface area contributed by atoms with Gasteiger partial charge in [-0.2, -0.15) is 0 Å². The van der Waals surface area contributed by atoms with Crippen LogP contribution < -0.4 is 0 Å². The molecule has 0 atom stereocenters. The van der Waals surface area contributed by atoms with E-state index in [1.165, 1.54) is 16.7 Å². The van der Waals surface area contributed by atoms with Crippen LogP contribution in [0.3, 0.4) is 0 Å². The van der Waals surface area contributed by atoms with Crippen molar-refractivity contribution in [3.8, 4) is 11.1 Å². The molecule has 0 aliphatic heterocycles. The van der Waals surface area contributed by atoms with Crippen LogP contribution in [0.4, 0.5) is 0 Å². The number of rotatable bonds is 4. The molecule has 2 rings (SSSR count). The van der Waals surface area contributed by atoms with Crippen LogP contribution in [-0.4, -0.2) is 5.78 Å². The fourth-order valence-electron chi connectivity index (χ4n) is 2.54. The number of hydrogen-bond acceptors (Lipinski definition) is 1. The Morgan fingerprint density at radius 3 is 2.42 bits per heavy atom. The third kappa shape index (κ3) is 2.56. The highest BCUT2D eigenvalue weighted by molar-refractivity contribution is 6.04. The number of ketones is 1. The molecule has 0 saturated carbocycles. The van der Waals surface area contributed by atoms with Crippen LogP contribution in [-0.2, 0) is 6.42 Å². The summed E-state index contributed by atoms with van der Waals surface area (Å²) in [6, 6.07) is 10.7. The molecule has 1 nitrogen and oxygen atoms in total. The van der Waals surface area contributed by atoms with Gasteiger partial charge in [0.05, 0.1) is 0 Å². The minimum absolute atomic E-state index is 0.241. The molecule has 0 unspecified atom stereocenters. The van der Waals surface area contributed by atoms with Gasteiger partial charge in [0.25, 0.3) is 0 Å². The quantitative estimate of drug-likeness (QED) is 0.696. The van der Waals surface area contributed by atoms with Crippen molar-refractivity contribution in [2.75, 3.05) is 0 Å². The van der Waals surface area contributed by atoms with Crippen LogP contribution in [0, 0.1) is 0 Å². The molecule has 0 aromatic heterocycles. The average Bonchev–Trinajstić information content (AvgIpc) is 2.60. The first-order valence-electron chi connectivity index (χ1n) is 7.17. The Morgan fingerprint density at radius 2 is 1.84 bits per heavy atom. The number of carbonyl (C=O) groups excluding carboxylic acids is 1. The van der Waals surface area contributed by atoms with Crippen LogP contribution in [0.5, 0.6) is 0 Å². The van der Waals surface area contributed by atoms with Crippen LogP contribution in [0.2, 0.25) is 0 Å². The second kappa shape index (κ2) is 5.56. The smallest absolute Gasteiger partial charge is 0.163 e. The first-order valence-corrected chi connectivity index (χ1v) is 7.17. The van der Waals surface area contributed by atoms with Crippen LogP contribution in [0.1, 0.15) is 61.5 Å². The lowest BCUT2D eigenvalue weighted by Crippen LogP contribution is -1.95. The Morgan fingerprint density at radius 1 is 1.11 bits per heavy atom. The summed E-state index contributed by atoms with van der Waals surface area (Å²) >= 11 is 0. The van der Waals surface area contributed by atoms with E-state index in [1.54, 1.807) is 0 Å². The van der Waals surface area contributed by atoms with Crippen molar-refractivity contribution < 1.29 is 4.79 Å². The summed E-state index contributed by atoms with van der Waals surface area (Å²) in [5.74, 6) is 0.714. The third-order valence-electron chi connectivity index (χ3n) is 3.78. The van der Waals surface area contributed by atoms with Crippen LogP contribution in [0.25, 0.3) is 11.1 Å². The molecule has 0 heterocycles. The third-order valence-corrected chi connectivity index (χ3v) is 3.78. The minimum atomic E-state index is 0.241. The SMILES string of the molecule is CCC(=O)c1cc(CC)c2cccc(C(C)C)cc1-2. The summed E-state index contributed by atoms with van der Waals surface area (Å²) in [5.41, 5.74) is 5.81. The van der Waals surface area contributed by atoms with E-state index in [-0.39, 0.29) is 5.78 Å². The fraction of sp³-hybridized carbons (Fsp3) is 0.389. The molecular formula is C18H22O. The van der Waals surface area contributed by atoms with Crippen molar-refractivity contribution in [1.29, 1.82) is 0 Å². The highest BCUT2D eigenvalue weighted by Gasteiger charge is 2.18. The molecule has 1 heteroatoms. The molecule has 0 fully saturated rings. The molecule has 0 spiro atoms. The molecule has 0 N–H and O–H groups in total. The Balaban J connectivity index is 2.69. The Hall–Kier alpha value is -1.63. The average molecular weight is 254 g/mol. The summed E-state index contributed by atoms with van der Waals surface area (Å²) in [4.78, 5) is 12.1. The molecule has 0 aromatic carbocycles. The van der Waals surface area contributed by atoms with Crippen LogP contribution >= 0.6 is 0 Å². The zero-order valence-electron chi connectivity index (χ0n) is 12.3. The van der Waals surface area contributed by atoms with E-state index in [0.29, 0.717) is 12.3 Å². The van der Waals surface area contributed by atoms with E-state index < -0.39 is 0 Å². The van der Waals surface area contributed by atoms with Gasteiger partial charge in [-0.15, -0.1) is 0 Å². The van der Waals surface area contributed by atoms with Crippen molar-refractivity contribution in [2.45, 2.75) is 46.5 Å². The fourth-order valence-corrected chi connectivity index (χ4v) is 2.54. The van der Waals surface area contributed by atoms with Crippen molar-refractivity contribution >= 4 is 5.78 Å². The molecule has 0 bridgehead atoms. The zero-order chi connectivity index (χ0) is 14.0. The van der Waals surface area contributed by atoms with E-state index in [4.69, 9.17) is 0 Å². The molecule has 2 aliphatic carbocycles. The number of hydrogen-bond donors (Lipinski definition) is 0. The van der Waals surface area contributed by atoms with Gasteiger partial charge in [-0.1, -0.05) is 52.0 Å². The van der Waals surface area contributed by atoms with Crippen LogP contribution in [0.15, 0.2) is 30.3 Å². The van der Waals surface area contributed by atoms with Crippen molar-refractivity contribution in [3.05, 3.63) is 47.0 Å². The largest absolute Gasteiger partial charge is 0.294 e. The lowest BCUT2D eigenvalue weighted by atomic mass is 10.00. The maximum atomic E-state index is 12.1. The first kappa shape index (κ1) is 13.8. The van der Waals surface area contributed by atoms with Gasteiger partial charge in [0.1, 0.15) is 0 Å². The first-order chi connectivity index (χ1) is 9.08. The van der Waals surface area contributed by atoms with Gasteiger partial charge in [0.2, 0.25) is 0 Å². The van der Waals surface area contributed by atoms with Gasteiger partial charge >= 0.3 is 0 Å². The number of fused-ring (bicyclic) bond motifs is 1. The minimum Gasteiger partial charge on any atom is -0.294 e. The van der Waals surface area contributed by atoms with E-state index in [2.05, 4.69) is 51.1 Å². The molecule has 0 aromatic rings. The number of carbonyl (C=O) groups is 1. The summed E-state index contributed by atoms with van der Waals surface area (Å²) in [7, 11) is 0. The maximum Gasteiger partial charge on any atom is 0.163 e. The highest BCUT2D eigenvalue weighted by atomic mass is 16.1. The van der Waals surface area contributed by atoms with E-state index in [1.807, 2.05) is 6.92 Å². The lowest BCUT2D eigenvalue weighted by molar-refractivity contribution is 0.0989. The summed E-state index contributed by atoms with van der Waals surface area (Å²) in [5, 5.41) is 0. The van der Waals surface area contributed by atoms with Gasteiger partial charge < -0.3 is 0 Å². The van der Waals surface area contributed by atoms with Gasteiger partial charge in [-0.25, -0.2) is 0 Å². The predicted molar refractivity (Wildman–Crippen MR) is 81.2 cm³/mol. The zero-order valence-corrected chi connectivity index (χ0v) is 12.3. The molecule has 0 amide bonds. The topological polar surface area (TPSA) is 17.1 Å².